The van der Waals surface area contributed by atoms with Crippen molar-refractivity contribution in [2.45, 2.75) is 12.6 Å². The summed E-state index contributed by atoms with van der Waals surface area (Å²) in [5, 5.41) is 8.64. The first-order chi connectivity index (χ1) is 7.00. The summed E-state index contributed by atoms with van der Waals surface area (Å²) in [6.07, 6.45) is 3.56. The van der Waals surface area contributed by atoms with Gasteiger partial charge >= 0.3 is 5.97 Å². The van der Waals surface area contributed by atoms with Crippen molar-refractivity contribution in [3.63, 3.8) is 0 Å². The molecule has 0 spiro atoms. The van der Waals surface area contributed by atoms with Crippen LogP contribution in [0, 0.1) is 0 Å². The maximum atomic E-state index is 10.5. The Hall–Kier alpha value is -1.40. The van der Waals surface area contributed by atoms with Gasteiger partial charge in [0.05, 0.1) is 6.54 Å². The molecule has 0 aromatic carbocycles. The second-order valence-electron chi connectivity index (χ2n) is 3.60. The number of aryl methyl sites for hydroxylation is 1. The van der Waals surface area contributed by atoms with Crippen LogP contribution in [0.2, 0.25) is 0 Å². The van der Waals surface area contributed by atoms with E-state index in [1.54, 1.807) is 6.20 Å². The van der Waals surface area contributed by atoms with E-state index >= 15 is 0 Å². The van der Waals surface area contributed by atoms with Crippen molar-refractivity contribution < 1.29 is 9.90 Å². The Labute approximate surface area is 88.3 Å². The molecular formula is C9H16N4O2. The SMILES string of the molecule is CN(Cc1nccn1C)CC(N)C(=O)O. The van der Waals surface area contributed by atoms with E-state index in [4.69, 9.17) is 10.8 Å². The molecule has 1 aromatic heterocycles. The molecule has 1 rings (SSSR count). The number of hydrogen-bond acceptors (Lipinski definition) is 4. The first-order valence-electron chi connectivity index (χ1n) is 4.64. The van der Waals surface area contributed by atoms with Gasteiger partial charge in [0.25, 0.3) is 0 Å². The normalized spacial score (nSPS) is 13.1. The van der Waals surface area contributed by atoms with Crippen molar-refractivity contribution in [1.29, 1.82) is 0 Å². The van der Waals surface area contributed by atoms with Gasteiger partial charge in [-0.15, -0.1) is 0 Å². The van der Waals surface area contributed by atoms with Gasteiger partial charge in [-0.2, -0.15) is 0 Å². The van der Waals surface area contributed by atoms with Gasteiger partial charge in [0, 0.05) is 26.0 Å². The maximum Gasteiger partial charge on any atom is 0.321 e. The van der Waals surface area contributed by atoms with E-state index in [0.29, 0.717) is 13.1 Å². The van der Waals surface area contributed by atoms with Crippen molar-refractivity contribution in [3.05, 3.63) is 18.2 Å². The van der Waals surface area contributed by atoms with Gasteiger partial charge in [0.2, 0.25) is 0 Å². The Morgan fingerprint density at radius 2 is 2.47 bits per heavy atom. The molecule has 0 aliphatic rings. The van der Waals surface area contributed by atoms with E-state index in [-0.39, 0.29) is 0 Å². The second-order valence-corrected chi connectivity index (χ2v) is 3.60. The average molecular weight is 212 g/mol. The van der Waals surface area contributed by atoms with Crippen molar-refractivity contribution in [3.8, 4) is 0 Å². The van der Waals surface area contributed by atoms with Crippen LogP contribution >= 0.6 is 0 Å². The number of carboxylic acid groups (broad SMARTS) is 1. The van der Waals surface area contributed by atoms with Crippen LogP contribution in [0.3, 0.4) is 0 Å². The average Bonchev–Trinajstić information content (AvgIpc) is 2.51. The number of aliphatic carboxylic acids is 1. The summed E-state index contributed by atoms with van der Waals surface area (Å²) in [6, 6.07) is -0.852. The largest absolute Gasteiger partial charge is 0.480 e. The molecule has 3 N–H and O–H groups in total. The second kappa shape index (κ2) is 4.90. The Morgan fingerprint density at radius 1 is 1.80 bits per heavy atom. The Balaban J connectivity index is 2.46. The van der Waals surface area contributed by atoms with E-state index in [9.17, 15) is 4.79 Å². The quantitative estimate of drug-likeness (QED) is 0.671. The van der Waals surface area contributed by atoms with Crippen molar-refractivity contribution in [2.24, 2.45) is 12.8 Å². The first kappa shape index (κ1) is 11.7. The van der Waals surface area contributed by atoms with Gasteiger partial charge in [-0.3, -0.25) is 9.69 Å². The molecule has 6 heteroatoms. The minimum atomic E-state index is -0.985. The van der Waals surface area contributed by atoms with Gasteiger partial charge < -0.3 is 15.4 Å². The summed E-state index contributed by atoms with van der Waals surface area (Å²) in [5.41, 5.74) is 5.42. The fraction of sp³-hybridized carbons (Fsp3) is 0.556. The number of rotatable bonds is 5. The third-order valence-electron chi connectivity index (χ3n) is 2.16. The van der Waals surface area contributed by atoms with Crippen LogP contribution < -0.4 is 5.73 Å². The molecule has 0 bridgehead atoms. The molecule has 1 heterocycles. The van der Waals surface area contributed by atoms with Crippen LogP contribution in [0.4, 0.5) is 0 Å². The zero-order valence-corrected chi connectivity index (χ0v) is 8.92. The van der Waals surface area contributed by atoms with Crippen LogP contribution in [0.25, 0.3) is 0 Å². The lowest BCUT2D eigenvalue weighted by molar-refractivity contribution is -0.138. The molecule has 0 saturated heterocycles. The van der Waals surface area contributed by atoms with Gasteiger partial charge in [-0.25, -0.2) is 4.98 Å². The van der Waals surface area contributed by atoms with Gasteiger partial charge in [0.1, 0.15) is 11.9 Å². The number of imidazole rings is 1. The van der Waals surface area contributed by atoms with Crippen LogP contribution in [0.15, 0.2) is 12.4 Å². The van der Waals surface area contributed by atoms with Crippen LogP contribution in [-0.4, -0.2) is 45.2 Å². The molecule has 0 aliphatic carbocycles. The Bertz CT molecular complexity index is 337. The number of carboxylic acids is 1. The predicted octanol–water partition coefficient (Wildman–Crippen LogP) is -0.736. The van der Waals surface area contributed by atoms with Crippen molar-refractivity contribution in [1.82, 2.24) is 14.5 Å². The smallest absolute Gasteiger partial charge is 0.321 e. The monoisotopic (exact) mass is 212 g/mol. The predicted molar refractivity (Wildman–Crippen MR) is 55.2 cm³/mol. The highest BCUT2D eigenvalue weighted by atomic mass is 16.4. The molecule has 1 atom stereocenters. The van der Waals surface area contributed by atoms with Crippen molar-refractivity contribution in [2.75, 3.05) is 13.6 Å². The van der Waals surface area contributed by atoms with Crippen LogP contribution in [0.1, 0.15) is 5.82 Å². The summed E-state index contributed by atoms with van der Waals surface area (Å²) < 4.78 is 1.89. The highest BCUT2D eigenvalue weighted by Gasteiger charge is 2.14. The lowest BCUT2D eigenvalue weighted by atomic mass is 10.3. The number of hydrogen-bond donors (Lipinski definition) is 2. The highest BCUT2D eigenvalue weighted by Crippen LogP contribution is 1.99. The summed E-state index contributed by atoms with van der Waals surface area (Å²) in [7, 11) is 3.71. The van der Waals surface area contributed by atoms with E-state index in [2.05, 4.69) is 4.98 Å². The van der Waals surface area contributed by atoms with Crippen LogP contribution in [-0.2, 0) is 18.4 Å². The summed E-state index contributed by atoms with van der Waals surface area (Å²) in [5.74, 6) is -0.100. The minimum absolute atomic E-state index is 0.308. The Morgan fingerprint density at radius 3 is 2.93 bits per heavy atom. The number of nitrogens with two attached hydrogens (primary N) is 1. The molecule has 0 amide bonds. The molecule has 0 radical (unpaired) electrons. The van der Waals surface area contributed by atoms with Gasteiger partial charge in [-0.05, 0) is 7.05 Å². The molecule has 0 saturated carbocycles. The maximum absolute atomic E-state index is 10.5. The standard InChI is InChI=1S/C9H16N4O2/c1-12(5-7(10)9(14)15)6-8-11-3-4-13(8)2/h3-4,7H,5-6,10H2,1-2H3,(H,14,15). The highest BCUT2D eigenvalue weighted by molar-refractivity contribution is 5.73. The number of carbonyl (C=O) groups is 1. The van der Waals surface area contributed by atoms with E-state index in [1.165, 1.54) is 0 Å². The number of nitrogens with zero attached hydrogens (tertiary/aromatic N) is 3. The third-order valence-corrected chi connectivity index (χ3v) is 2.16. The van der Waals surface area contributed by atoms with E-state index in [0.717, 1.165) is 5.82 Å². The number of aromatic nitrogens is 2. The lowest BCUT2D eigenvalue weighted by Gasteiger charge is -2.18. The summed E-state index contributed by atoms with van der Waals surface area (Å²) in [4.78, 5) is 16.5. The molecule has 6 nitrogen and oxygen atoms in total. The van der Waals surface area contributed by atoms with Gasteiger partial charge in [0.15, 0.2) is 0 Å². The molecule has 0 fully saturated rings. The fourth-order valence-corrected chi connectivity index (χ4v) is 1.27. The summed E-state index contributed by atoms with van der Waals surface area (Å²) >= 11 is 0. The summed E-state index contributed by atoms with van der Waals surface area (Å²) in [6.45, 7) is 0.896. The molecule has 15 heavy (non-hydrogen) atoms. The molecule has 1 unspecified atom stereocenters. The van der Waals surface area contributed by atoms with Crippen LogP contribution in [0.5, 0.6) is 0 Å². The molecule has 1 aromatic rings. The minimum Gasteiger partial charge on any atom is -0.480 e. The lowest BCUT2D eigenvalue weighted by Crippen LogP contribution is -2.41. The number of likely N-dealkylation sites (N-methyl/N-ethyl adjacent to an activating group) is 1. The van der Waals surface area contributed by atoms with Crippen molar-refractivity contribution >= 4 is 5.97 Å². The van der Waals surface area contributed by atoms with Gasteiger partial charge in [-0.1, -0.05) is 0 Å². The first-order valence-corrected chi connectivity index (χ1v) is 4.64. The van der Waals surface area contributed by atoms with E-state index in [1.807, 2.05) is 29.8 Å². The molecule has 84 valence electrons. The van der Waals surface area contributed by atoms with E-state index < -0.39 is 12.0 Å². The zero-order valence-electron chi connectivity index (χ0n) is 8.92. The molecule has 0 aliphatic heterocycles. The zero-order chi connectivity index (χ0) is 11.4. The molecular weight excluding hydrogens is 196 g/mol. The Kier molecular flexibility index (Phi) is 3.81. The third kappa shape index (κ3) is 3.34. The topological polar surface area (TPSA) is 84.4 Å². The fourth-order valence-electron chi connectivity index (χ4n) is 1.27.